The molecule has 2 aromatic heterocycles. The number of tetrazole rings is 1. The average molecular weight is 449 g/mol. The number of aromatic nitrogens is 5. The van der Waals surface area contributed by atoms with Crippen molar-refractivity contribution in [2.75, 3.05) is 19.7 Å². The van der Waals surface area contributed by atoms with Crippen LogP contribution in [-0.4, -0.2) is 55.9 Å². The van der Waals surface area contributed by atoms with E-state index in [4.69, 9.17) is 9.47 Å². The Labute approximate surface area is 192 Å². The van der Waals surface area contributed by atoms with Crippen molar-refractivity contribution < 1.29 is 14.3 Å². The van der Waals surface area contributed by atoms with Crippen LogP contribution in [0.1, 0.15) is 31.2 Å². The Hall–Kier alpha value is -3.49. The fourth-order valence-corrected chi connectivity index (χ4v) is 4.69. The maximum absolute atomic E-state index is 12.4. The van der Waals surface area contributed by atoms with Gasteiger partial charge in [-0.3, -0.25) is 0 Å². The Kier molecular flexibility index (Phi) is 6.46. The van der Waals surface area contributed by atoms with Gasteiger partial charge in [-0.25, -0.2) is 9.78 Å². The number of likely N-dealkylation sites (tertiary alicyclic amines) is 1. The van der Waals surface area contributed by atoms with Crippen molar-refractivity contribution >= 4 is 6.09 Å². The van der Waals surface area contributed by atoms with Crippen LogP contribution >= 0.6 is 0 Å². The Morgan fingerprint density at radius 2 is 1.94 bits per heavy atom. The number of benzene rings is 1. The van der Waals surface area contributed by atoms with Gasteiger partial charge in [-0.1, -0.05) is 30.3 Å². The van der Waals surface area contributed by atoms with Gasteiger partial charge in [0, 0.05) is 19.2 Å². The molecule has 2 aliphatic rings. The minimum atomic E-state index is -0.198. The zero-order chi connectivity index (χ0) is 22.5. The van der Waals surface area contributed by atoms with Crippen molar-refractivity contribution in [1.82, 2.24) is 30.1 Å². The molecule has 0 radical (unpaired) electrons. The number of rotatable bonds is 8. The van der Waals surface area contributed by atoms with Gasteiger partial charge < -0.3 is 14.4 Å². The van der Waals surface area contributed by atoms with Crippen LogP contribution in [-0.2, 0) is 11.3 Å². The van der Waals surface area contributed by atoms with Gasteiger partial charge >= 0.3 is 6.09 Å². The molecule has 9 heteroatoms. The van der Waals surface area contributed by atoms with Crippen LogP contribution in [0.2, 0.25) is 0 Å². The predicted octanol–water partition coefficient (Wildman–Crippen LogP) is 3.51. The van der Waals surface area contributed by atoms with E-state index >= 15 is 0 Å². The second-order valence-electron chi connectivity index (χ2n) is 8.77. The van der Waals surface area contributed by atoms with Gasteiger partial charge in [0.05, 0.1) is 18.5 Å². The molecule has 1 aliphatic carbocycles. The number of ether oxygens (including phenoxy) is 2. The molecule has 1 saturated carbocycles. The first-order valence-electron chi connectivity index (χ1n) is 11.5. The molecule has 5 rings (SSSR count). The third kappa shape index (κ3) is 5.47. The highest BCUT2D eigenvalue weighted by atomic mass is 16.6. The summed E-state index contributed by atoms with van der Waals surface area (Å²) in [6.07, 6.45) is 7.45. The first-order valence-corrected chi connectivity index (χ1v) is 11.5. The topological polar surface area (TPSA) is 95.3 Å². The van der Waals surface area contributed by atoms with Crippen LogP contribution in [0.3, 0.4) is 0 Å². The zero-order valence-electron chi connectivity index (χ0n) is 18.5. The van der Waals surface area contributed by atoms with Crippen LogP contribution in [0.4, 0.5) is 4.79 Å². The molecule has 1 aromatic carbocycles. The quantitative estimate of drug-likeness (QED) is 0.520. The smallest absolute Gasteiger partial charge is 0.410 e. The van der Waals surface area contributed by atoms with Gasteiger partial charge in [0.25, 0.3) is 0 Å². The maximum atomic E-state index is 12.4. The fraction of sp³-hybridized carbons (Fsp3) is 0.458. The lowest BCUT2D eigenvalue weighted by Crippen LogP contribution is -2.39. The maximum Gasteiger partial charge on any atom is 0.410 e. The number of piperidine rings is 1. The minimum Gasteiger partial charge on any atom is -0.478 e. The largest absolute Gasteiger partial charge is 0.478 e. The van der Waals surface area contributed by atoms with E-state index in [2.05, 4.69) is 20.5 Å². The highest BCUT2D eigenvalue weighted by Gasteiger charge is 2.43. The third-order valence-electron chi connectivity index (χ3n) is 6.66. The molecule has 0 bridgehead atoms. The lowest BCUT2D eigenvalue weighted by Gasteiger charge is -2.31. The van der Waals surface area contributed by atoms with Gasteiger partial charge in [0.2, 0.25) is 5.88 Å². The lowest BCUT2D eigenvalue weighted by molar-refractivity contribution is 0.0796. The molecule has 1 amide bonds. The molecule has 33 heavy (non-hydrogen) atoms. The van der Waals surface area contributed by atoms with E-state index in [1.165, 1.54) is 12.7 Å². The lowest BCUT2D eigenvalue weighted by atomic mass is 9.91. The summed E-state index contributed by atoms with van der Waals surface area (Å²) in [5.74, 6) is 2.78. The van der Waals surface area contributed by atoms with E-state index in [1.807, 2.05) is 47.4 Å². The van der Waals surface area contributed by atoms with Crippen LogP contribution in [0.5, 0.6) is 5.88 Å². The van der Waals surface area contributed by atoms with E-state index in [0.717, 1.165) is 49.5 Å². The molecule has 172 valence electrons. The van der Waals surface area contributed by atoms with Gasteiger partial charge in [-0.15, -0.1) is 5.10 Å². The molecule has 2 unspecified atom stereocenters. The Morgan fingerprint density at radius 1 is 1.09 bits per heavy atom. The van der Waals surface area contributed by atoms with Gasteiger partial charge in [0.1, 0.15) is 12.9 Å². The molecule has 3 heterocycles. The van der Waals surface area contributed by atoms with Gasteiger partial charge in [-0.05, 0) is 65.5 Å². The molecule has 2 fully saturated rings. The molecular weight excluding hydrogens is 420 g/mol. The predicted molar refractivity (Wildman–Crippen MR) is 120 cm³/mol. The molecular formula is C24H28N6O3. The first kappa shape index (κ1) is 21.4. The summed E-state index contributed by atoms with van der Waals surface area (Å²) in [7, 11) is 0. The molecule has 0 N–H and O–H groups in total. The number of amides is 1. The number of hydrogen-bond acceptors (Lipinski definition) is 7. The average Bonchev–Trinajstić information content (AvgIpc) is 3.42. The Morgan fingerprint density at radius 3 is 2.67 bits per heavy atom. The van der Waals surface area contributed by atoms with Crippen LogP contribution in [0.25, 0.3) is 5.69 Å². The molecule has 9 nitrogen and oxygen atoms in total. The summed E-state index contributed by atoms with van der Waals surface area (Å²) in [6.45, 7) is 2.58. The van der Waals surface area contributed by atoms with E-state index in [-0.39, 0.29) is 6.09 Å². The van der Waals surface area contributed by atoms with Crippen molar-refractivity contribution in [2.45, 2.75) is 32.3 Å². The van der Waals surface area contributed by atoms with Crippen LogP contribution in [0, 0.1) is 17.8 Å². The zero-order valence-corrected chi connectivity index (χ0v) is 18.5. The summed E-state index contributed by atoms with van der Waals surface area (Å²) in [5, 5.41) is 11.1. The second-order valence-corrected chi connectivity index (χ2v) is 8.77. The standard InChI is InChI=1S/C24H28N6O3/c31-24(33-16-18-4-2-1-3-5-18)29-11-8-19(9-12-29)22-14-20(22)10-13-32-23-7-6-21(15-25-23)30-17-26-27-28-30/h1-7,15,17,19-20,22H,8-14,16H2. The number of pyridine rings is 1. The van der Waals surface area contributed by atoms with E-state index in [0.29, 0.717) is 30.9 Å². The van der Waals surface area contributed by atoms with E-state index in [1.54, 1.807) is 10.9 Å². The number of carbonyl (C=O) groups is 1. The third-order valence-corrected chi connectivity index (χ3v) is 6.66. The number of hydrogen-bond donors (Lipinski definition) is 0. The number of nitrogens with zero attached hydrogens (tertiary/aromatic N) is 6. The van der Waals surface area contributed by atoms with Crippen LogP contribution in [0.15, 0.2) is 55.0 Å². The summed E-state index contributed by atoms with van der Waals surface area (Å²) in [4.78, 5) is 18.5. The summed E-state index contributed by atoms with van der Waals surface area (Å²) < 4.78 is 12.9. The summed E-state index contributed by atoms with van der Waals surface area (Å²) in [5.41, 5.74) is 1.81. The molecule has 1 aliphatic heterocycles. The number of carbonyl (C=O) groups excluding carboxylic acids is 1. The second kappa shape index (κ2) is 9.97. The van der Waals surface area contributed by atoms with Gasteiger partial charge in [-0.2, -0.15) is 4.68 Å². The Bertz CT molecular complexity index is 1020. The first-order chi connectivity index (χ1) is 16.3. The van der Waals surface area contributed by atoms with Gasteiger partial charge in [0.15, 0.2) is 0 Å². The SMILES string of the molecule is O=C(OCc1ccccc1)N1CCC(C2CC2CCOc2ccc(-n3cnnn3)cn2)CC1. The fourth-order valence-electron chi connectivity index (χ4n) is 4.69. The van der Waals surface area contributed by atoms with E-state index < -0.39 is 0 Å². The van der Waals surface area contributed by atoms with Crippen LogP contribution < -0.4 is 4.74 Å². The van der Waals surface area contributed by atoms with E-state index in [9.17, 15) is 4.79 Å². The molecule has 3 aromatic rings. The Balaban J connectivity index is 0.986. The van der Waals surface area contributed by atoms with Crippen molar-refractivity contribution in [3.8, 4) is 11.6 Å². The normalized spacial score (nSPS) is 20.4. The molecule has 0 spiro atoms. The molecule has 1 saturated heterocycles. The van der Waals surface area contributed by atoms with Crippen molar-refractivity contribution in [3.63, 3.8) is 0 Å². The van der Waals surface area contributed by atoms with Crippen molar-refractivity contribution in [2.24, 2.45) is 17.8 Å². The molecule has 2 atom stereocenters. The summed E-state index contributed by atoms with van der Waals surface area (Å²) in [6, 6.07) is 13.5. The van der Waals surface area contributed by atoms with Crippen molar-refractivity contribution in [1.29, 1.82) is 0 Å². The highest BCUT2D eigenvalue weighted by Crippen LogP contribution is 2.49. The monoisotopic (exact) mass is 448 g/mol. The highest BCUT2D eigenvalue weighted by molar-refractivity contribution is 5.67. The minimum absolute atomic E-state index is 0.198. The summed E-state index contributed by atoms with van der Waals surface area (Å²) >= 11 is 0. The van der Waals surface area contributed by atoms with Crippen molar-refractivity contribution in [3.05, 3.63) is 60.6 Å².